The predicted molar refractivity (Wildman–Crippen MR) is 67.7 cm³/mol. The smallest absolute Gasteiger partial charge is 0.276 e. The highest BCUT2D eigenvalue weighted by atomic mass is 16.5. The first-order chi connectivity index (χ1) is 9.58. The fourth-order valence-electron chi connectivity index (χ4n) is 2.78. The van der Waals surface area contributed by atoms with Crippen LogP contribution in [0.15, 0.2) is 11.0 Å². The molecule has 1 aromatic heterocycles. The Labute approximate surface area is 114 Å². The zero-order valence-corrected chi connectivity index (χ0v) is 10.9. The van der Waals surface area contributed by atoms with Gasteiger partial charge < -0.3 is 19.3 Å². The minimum atomic E-state index is -0.814. The third-order valence-corrected chi connectivity index (χ3v) is 3.86. The van der Waals surface area contributed by atoms with Crippen molar-refractivity contribution in [1.82, 2.24) is 9.47 Å². The van der Waals surface area contributed by atoms with Crippen molar-refractivity contribution in [3.8, 4) is 5.75 Å². The van der Waals surface area contributed by atoms with Crippen LogP contribution in [0.3, 0.4) is 0 Å². The third-order valence-electron chi connectivity index (χ3n) is 3.86. The zero-order valence-electron chi connectivity index (χ0n) is 10.9. The summed E-state index contributed by atoms with van der Waals surface area (Å²) in [5.74, 6) is -1.10. The Balaban J connectivity index is 2.16. The number of nitrogens with zero attached hydrogens (tertiary/aromatic N) is 2. The van der Waals surface area contributed by atoms with E-state index in [4.69, 9.17) is 4.74 Å². The van der Waals surface area contributed by atoms with Gasteiger partial charge in [-0.2, -0.15) is 0 Å². The Kier molecular flexibility index (Phi) is 2.86. The summed E-state index contributed by atoms with van der Waals surface area (Å²) in [4.78, 5) is 36.6. The van der Waals surface area contributed by atoms with E-state index < -0.39 is 23.3 Å². The number of rotatable bonds is 2. The molecule has 0 saturated carbocycles. The van der Waals surface area contributed by atoms with Crippen LogP contribution in [0.1, 0.15) is 34.2 Å². The van der Waals surface area contributed by atoms with E-state index in [0.717, 1.165) is 6.42 Å². The van der Waals surface area contributed by atoms with Gasteiger partial charge in [-0.25, -0.2) is 0 Å². The van der Waals surface area contributed by atoms with Crippen molar-refractivity contribution in [2.75, 3.05) is 6.61 Å². The number of aldehydes is 1. The van der Waals surface area contributed by atoms with Gasteiger partial charge in [-0.15, -0.1) is 0 Å². The van der Waals surface area contributed by atoms with Gasteiger partial charge in [0.05, 0.1) is 24.8 Å². The fourth-order valence-corrected chi connectivity index (χ4v) is 2.78. The van der Waals surface area contributed by atoms with Crippen LogP contribution < -0.4 is 5.43 Å². The molecular formula is C13H14N2O5. The number of fused-ring (bicyclic) bond motifs is 2. The highest BCUT2D eigenvalue weighted by Gasteiger charge is 2.43. The molecule has 7 nitrogen and oxygen atoms in total. The van der Waals surface area contributed by atoms with Crippen LogP contribution in [-0.4, -0.2) is 45.6 Å². The van der Waals surface area contributed by atoms with Crippen LogP contribution >= 0.6 is 0 Å². The lowest BCUT2D eigenvalue weighted by molar-refractivity contribution is 0.00567. The molecule has 2 atom stereocenters. The molecular weight excluding hydrogens is 264 g/mol. The molecule has 2 aliphatic rings. The van der Waals surface area contributed by atoms with E-state index in [0.29, 0.717) is 19.4 Å². The molecule has 1 saturated heterocycles. The number of pyridine rings is 1. The number of ether oxygens (including phenoxy) is 1. The van der Waals surface area contributed by atoms with E-state index in [1.807, 2.05) is 6.92 Å². The Morgan fingerprint density at radius 1 is 1.50 bits per heavy atom. The quantitative estimate of drug-likeness (QED) is 0.767. The molecule has 106 valence electrons. The normalized spacial score (nSPS) is 24.4. The minimum Gasteiger partial charge on any atom is -0.503 e. The summed E-state index contributed by atoms with van der Waals surface area (Å²) in [6.45, 7) is 2.68. The Bertz CT molecular complexity index is 651. The maximum Gasteiger partial charge on any atom is 0.276 e. The van der Waals surface area contributed by atoms with Crippen molar-refractivity contribution in [2.45, 2.75) is 32.2 Å². The monoisotopic (exact) mass is 278 g/mol. The van der Waals surface area contributed by atoms with Gasteiger partial charge in [-0.05, 0) is 6.42 Å². The van der Waals surface area contributed by atoms with E-state index in [-0.39, 0.29) is 17.3 Å². The molecule has 2 aliphatic heterocycles. The SMILES string of the molecule is CC[C@@H]1COC2Cn3cc(C=O)c(=O)c(O)c3C(=O)N21. The summed E-state index contributed by atoms with van der Waals surface area (Å²) in [6, 6.07) is -0.0542. The molecule has 7 heteroatoms. The molecule has 0 aromatic carbocycles. The van der Waals surface area contributed by atoms with Crippen LogP contribution in [0.4, 0.5) is 0 Å². The number of hydrogen-bond acceptors (Lipinski definition) is 5. The lowest BCUT2D eigenvalue weighted by Crippen LogP contribution is -2.49. The van der Waals surface area contributed by atoms with Gasteiger partial charge in [-0.1, -0.05) is 6.92 Å². The van der Waals surface area contributed by atoms with E-state index >= 15 is 0 Å². The predicted octanol–water partition coefficient (Wildman–Crippen LogP) is -0.0429. The van der Waals surface area contributed by atoms with Crippen molar-refractivity contribution in [3.05, 3.63) is 27.7 Å². The standard InChI is InChI=1S/C13H14N2O5/c1-2-8-6-20-9-4-14-3-7(5-16)11(17)12(18)10(14)13(19)15(8)9/h3,5,8-9,18H,2,4,6H2,1H3/t8-,9?/m1/s1. The highest BCUT2D eigenvalue weighted by Crippen LogP contribution is 2.30. The number of aromatic nitrogens is 1. The molecule has 3 rings (SSSR count). The average Bonchev–Trinajstić information content (AvgIpc) is 2.85. The zero-order chi connectivity index (χ0) is 14.4. The molecule has 0 spiro atoms. The Morgan fingerprint density at radius 2 is 2.25 bits per heavy atom. The number of amides is 1. The van der Waals surface area contributed by atoms with Gasteiger partial charge in [0, 0.05) is 6.20 Å². The second-order valence-electron chi connectivity index (χ2n) is 4.94. The van der Waals surface area contributed by atoms with Crippen molar-refractivity contribution >= 4 is 12.2 Å². The van der Waals surface area contributed by atoms with Crippen molar-refractivity contribution in [1.29, 1.82) is 0 Å². The van der Waals surface area contributed by atoms with Crippen molar-refractivity contribution in [3.63, 3.8) is 0 Å². The molecule has 1 aromatic rings. The largest absolute Gasteiger partial charge is 0.503 e. The summed E-state index contributed by atoms with van der Waals surface area (Å²) in [5.41, 5.74) is -1.05. The molecule has 1 N–H and O–H groups in total. The van der Waals surface area contributed by atoms with Gasteiger partial charge in [0.1, 0.15) is 0 Å². The van der Waals surface area contributed by atoms with E-state index in [1.54, 1.807) is 4.90 Å². The third kappa shape index (κ3) is 1.59. The Hall–Kier alpha value is -2.15. The molecule has 0 bridgehead atoms. The van der Waals surface area contributed by atoms with Crippen LogP contribution in [0.25, 0.3) is 0 Å². The second kappa shape index (κ2) is 4.45. The van der Waals surface area contributed by atoms with E-state index in [1.165, 1.54) is 10.8 Å². The van der Waals surface area contributed by atoms with Crippen LogP contribution in [0.2, 0.25) is 0 Å². The number of carbonyl (C=O) groups is 2. The average molecular weight is 278 g/mol. The number of hydrogen-bond donors (Lipinski definition) is 1. The van der Waals surface area contributed by atoms with Crippen molar-refractivity contribution < 1.29 is 19.4 Å². The molecule has 1 amide bonds. The lowest BCUT2D eigenvalue weighted by atomic mass is 10.1. The minimum absolute atomic E-state index is 0.0542. The molecule has 1 fully saturated rings. The summed E-state index contributed by atoms with van der Waals surface area (Å²) in [7, 11) is 0. The van der Waals surface area contributed by atoms with Crippen molar-refractivity contribution in [2.24, 2.45) is 0 Å². The van der Waals surface area contributed by atoms with Crippen LogP contribution in [-0.2, 0) is 11.3 Å². The maximum absolute atomic E-state index is 12.5. The van der Waals surface area contributed by atoms with Crippen LogP contribution in [0, 0.1) is 0 Å². The van der Waals surface area contributed by atoms with Gasteiger partial charge in [0.2, 0.25) is 5.43 Å². The lowest BCUT2D eigenvalue weighted by Gasteiger charge is -2.34. The molecule has 0 radical (unpaired) electrons. The molecule has 1 unspecified atom stereocenters. The molecule has 0 aliphatic carbocycles. The van der Waals surface area contributed by atoms with Gasteiger partial charge in [-0.3, -0.25) is 14.4 Å². The molecule has 3 heterocycles. The first-order valence-corrected chi connectivity index (χ1v) is 6.44. The molecule has 20 heavy (non-hydrogen) atoms. The van der Waals surface area contributed by atoms with Crippen LogP contribution in [0.5, 0.6) is 5.75 Å². The summed E-state index contributed by atoms with van der Waals surface area (Å²) in [6.07, 6.45) is 1.99. The van der Waals surface area contributed by atoms with Gasteiger partial charge in [0.25, 0.3) is 5.91 Å². The van der Waals surface area contributed by atoms with E-state index in [2.05, 4.69) is 0 Å². The van der Waals surface area contributed by atoms with Gasteiger partial charge >= 0.3 is 0 Å². The fraction of sp³-hybridized carbons (Fsp3) is 0.462. The topological polar surface area (TPSA) is 88.8 Å². The summed E-state index contributed by atoms with van der Waals surface area (Å²) < 4.78 is 6.99. The Morgan fingerprint density at radius 3 is 2.90 bits per heavy atom. The summed E-state index contributed by atoms with van der Waals surface area (Å²) in [5, 5.41) is 9.92. The number of aromatic hydroxyl groups is 1. The first kappa shape index (κ1) is 12.9. The second-order valence-corrected chi connectivity index (χ2v) is 4.94. The van der Waals surface area contributed by atoms with E-state index in [9.17, 15) is 19.5 Å². The first-order valence-electron chi connectivity index (χ1n) is 6.44. The number of carbonyl (C=O) groups excluding carboxylic acids is 2. The summed E-state index contributed by atoms with van der Waals surface area (Å²) >= 11 is 0. The van der Waals surface area contributed by atoms with Gasteiger partial charge in [0.15, 0.2) is 24.0 Å². The highest BCUT2D eigenvalue weighted by molar-refractivity contribution is 5.97. The maximum atomic E-state index is 12.5.